The zero-order chi connectivity index (χ0) is 51.1. The van der Waals surface area contributed by atoms with Crippen LogP contribution < -0.4 is 5.32 Å². The van der Waals surface area contributed by atoms with Gasteiger partial charge in [-0.2, -0.15) is 0 Å². The maximum atomic E-state index is 13.2. The molecule has 1 saturated heterocycles. The molecule has 0 aromatic carbocycles. The van der Waals surface area contributed by atoms with Crippen molar-refractivity contribution >= 4 is 5.91 Å². The lowest BCUT2D eigenvalue weighted by molar-refractivity contribution is -0.303. The van der Waals surface area contributed by atoms with Gasteiger partial charge in [0.1, 0.15) is 36.6 Å². The first-order valence-corrected chi connectivity index (χ1v) is 30.1. The van der Waals surface area contributed by atoms with Gasteiger partial charge in [0.25, 0.3) is 0 Å². The van der Waals surface area contributed by atoms with E-state index in [-0.39, 0.29) is 12.8 Å². The summed E-state index contributed by atoms with van der Waals surface area (Å²) in [5, 5.41) is 76.0. The fourth-order valence-corrected chi connectivity index (χ4v) is 9.92. The summed E-state index contributed by atoms with van der Waals surface area (Å²) in [5.41, 5.74) is 0. The molecule has 1 rings (SSSR count). The summed E-state index contributed by atoms with van der Waals surface area (Å²) >= 11 is 0. The van der Waals surface area contributed by atoms with Crippen LogP contribution in [0.3, 0.4) is 0 Å². The van der Waals surface area contributed by atoms with Gasteiger partial charge >= 0.3 is 0 Å². The predicted molar refractivity (Wildman–Crippen MR) is 289 cm³/mol. The van der Waals surface area contributed by atoms with Crippen LogP contribution in [0.5, 0.6) is 0 Å². The molecular formula is C59H115NO10. The van der Waals surface area contributed by atoms with E-state index in [1.807, 2.05) is 0 Å². The van der Waals surface area contributed by atoms with Crippen molar-refractivity contribution in [3.63, 3.8) is 0 Å². The summed E-state index contributed by atoms with van der Waals surface area (Å²) in [6.45, 7) is 3.46. The molecular weight excluding hydrogens is 883 g/mol. The number of hydrogen-bond acceptors (Lipinski definition) is 10. The molecule has 9 atom stereocenters. The van der Waals surface area contributed by atoms with Crippen molar-refractivity contribution in [1.82, 2.24) is 5.32 Å². The highest BCUT2D eigenvalue weighted by molar-refractivity contribution is 5.80. The Morgan fingerprint density at radius 3 is 1.23 bits per heavy atom. The minimum absolute atomic E-state index is 0.260. The van der Waals surface area contributed by atoms with E-state index in [9.17, 15) is 40.5 Å². The molecule has 1 heterocycles. The van der Waals surface area contributed by atoms with E-state index >= 15 is 0 Å². The SMILES string of the molecule is CCCCCCCCCCC/C=C/CCCC(O)C(O)C(COC1OC(CO)C(O)C(O)C1O)NC(=O)C(O)CCCCCCCCCCCCCCCCCCCCCCCCCCCCCCC. The predicted octanol–water partition coefficient (Wildman–Crippen LogP) is 12.7. The van der Waals surface area contributed by atoms with Crippen LogP contribution in [0.25, 0.3) is 0 Å². The van der Waals surface area contributed by atoms with Gasteiger partial charge in [-0.15, -0.1) is 0 Å². The average molecular weight is 999 g/mol. The Hall–Kier alpha value is -1.15. The molecule has 0 spiro atoms. The molecule has 11 nitrogen and oxygen atoms in total. The van der Waals surface area contributed by atoms with Crippen molar-refractivity contribution in [3.05, 3.63) is 12.2 Å². The van der Waals surface area contributed by atoms with Crippen molar-refractivity contribution < 1.29 is 50.0 Å². The number of rotatable bonds is 52. The first-order valence-electron chi connectivity index (χ1n) is 30.1. The van der Waals surface area contributed by atoms with Gasteiger partial charge in [0.15, 0.2) is 6.29 Å². The standard InChI is InChI=1S/C59H115NO10/c1-3-5-7-9-11-13-15-17-19-20-21-22-23-24-25-26-27-28-29-30-31-32-33-35-37-39-41-43-45-47-52(63)58(68)60-50(49-69-59-57(67)56(66)55(65)53(48-61)70-59)54(64)51(62)46-44-42-40-38-36-34-18-16-14-12-10-8-6-4-2/h38,40,50-57,59,61-67H,3-37,39,41-49H2,1-2H3,(H,60,68)/b40-38+. The van der Waals surface area contributed by atoms with Gasteiger partial charge in [-0.05, 0) is 38.5 Å². The number of aliphatic hydroxyl groups is 7. The molecule has 0 bridgehead atoms. The van der Waals surface area contributed by atoms with Crippen molar-refractivity contribution in [2.45, 2.75) is 345 Å². The zero-order valence-corrected chi connectivity index (χ0v) is 45.5. The van der Waals surface area contributed by atoms with E-state index in [0.29, 0.717) is 12.8 Å². The van der Waals surface area contributed by atoms with Crippen LogP contribution in [-0.2, 0) is 14.3 Å². The van der Waals surface area contributed by atoms with Crippen molar-refractivity contribution in [2.24, 2.45) is 0 Å². The number of carbonyl (C=O) groups is 1. The van der Waals surface area contributed by atoms with Gasteiger partial charge in [-0.25, -0.2) is 0 Å². The van der Waals surface area contributed by atoms with E-state index in [2.05, 4.69) is 31.3 Å². The summed E-state index contributed by atoms with van der Waals surface area (Å²) in [7, 11) is 0. The number of aliphatic hydroxyl groups excluding tert-OH is 7. The van der Waals surface area contributed by atoms with Crippen LogP contribution in [-0.4, -0.2) is 110 Å². The molecule has 0 aromatic heterocycles. The average Bonchev–Trinajstić information content (AvgIpc) is 3.36. The molecule has 0 radical (unpaired) electrons. The smallest absolute Gasteiger partial charge is 0.249 e. The lowest BCUT2D eigenvalue weighted by atomic mass is 9.98. The van der Waals surface area contributed by atoms with Crippen LogP contribution in [0.15, 0.2) is 12.2 Å². The Kier molecular flexibility index (Phi) is 46.6. The highest BCUT2D eigenvalue weighted by Gasteiger charge is 2.44. The zero-order valence-electron chi connectivity index (χ0n) is 45.5. The van der Waals surface area contributed by atoms with E-state index in [1.54, 1.807) is 0 Å². The number of nitrogens with one attached hydrogen (secondary N) is 1. The minimum atomic E-state index is -1.66. The van der Waals surface area contributed by atoms with Crippen LogP contribution >= 0.6 is 0 Å². The maximum Gasteiger partial charge on any atom is 0.249 e. The molecule has 70 heavy (non-hydrogen) atoms. The molecule has 0 aliphatic carbocycles. The molecule has 0 saturated carbocycles. The van der Waals surface area contributed by atoms with E-state index < -0.39 is 74.2 Å². The second-order valence-electron chi connectivity index (χ2n) is 21.4. The fourth-order valence-electron chi connectivity index (χ4n) is 9.92. The summed E-state index contributed by atoms with van der Waals surface area (Å²) in [6.07, 6.45) is 45.8. The van der Waals surface area contributed by atoms with Gasteiger partial charge in [-0.3, -0.25) is 4.79 Å². The van der Waals surface area contributed by atoms with Gasteiger partial charge < -0.3 is 50.5 Å². The van der Waals surface area contributed by atoms with Crippen LogP contribution in [0.4, 0.5) is 0 Å². The van der Waals surface area contributed by atoms with Gasteiger partial charge in [0, 0.05) is 0 Å². The number of allylic oxidation sites excluding steroid dienone is 2. The van der Waals surface area contributed by atoms with Crippen LogP contribution in [0, 0.1) is 0 Å². The summed E-state index contributed by atoms with van der Waals surface area (Å²) in [5.74, 6) is -0.701. The molecule has 9 unspecified atom stereocenters. The number of hydrogen-bond donors (Lipinski definition) is 8. The summed E-state index contributed by atoms with van der Waals surface area (Å²) in [4.78, 5) is 13.2. The number of carbonyl (C=O) groups excluding carboxylic acids is 1. The van der Waals surface area contributed by atoms with Crippen molar-refractivity contribution in [3.8, 4) is 0 Å². The van der Waals surface area contributed by atoms with E-state index in [1.165, 1.54) is 212 Å². The maximum absolute atomic E-state index is 13.2. The van der Waals surface area contributed by atoms with Crippen LogP contribution in [0.2, 0.25) is 0 Å². The first-order chi connectivity index (χ1) is 34.2. The van der Waals surface area contributed by atoms with E-state index in [4.69, 9.17) is 9.47 Å². The molecule has 1 fully saturated rings. The number of unbranched alkanes of at least 4 members (excludes halogenated alkanes) is 38. The lowest BCUT2D eigenvalue weighted by Crippen LogP contribution is -2.60. The molecule has 11 heteroatoms. The van der Waals surface area contributed by atoms with Crippen LogP contribution in [0.1, 0.15) is 290 Å². The Balaban J connectivity index is 2.22. The molecule has 8 N–H and O–H groups in total. The fraction of sp³-hybridized carbons (Fsp3) is 0.949. The van der Waals surface area contributed by atoms with Crippen molar-refractivity contribution in [2.75, 3.05) is 13.2 Å². The first kappa shape index (κ1) is 66.9. The summed E-state index contributed by atoms with van der Waals surface area (Å²) in [6, 6.07) is -1.18. The molecule has 416 valence electrons. The molecule has 1 aliphatic heterocycles. The normalized spacial score (nSPS) is 20.3. The Morgan fingerprint density at radius 1 is 0.486 bits per heavy atom. The van der Waals surface area contributed by atoms with E-state index in [0.717, 1.165) is 38.5 Å². The highest BCUT2D eigenvalue weighted by Crippen LogP contribution is 2.23. The topological polar surface area (TPSA) is 189 Å². The monoisotopic (exact) mass is 998 g/mol. The lowest BCUT2D eigenvalue weighted by Gasteiger charge is -2.40. The molecule has 0 aromatic rings. The number of amides is 1. The highest BCUT2D eigenvalue weighted by atomic mass is 16.7. The largest absolute Gasteiger partial charge is 0.394 e. The Morgan fingerprint density at radius 2 is 0.843 bits per heavy atom. The third-order valence-corrected chi connectivity index (χ3v) is 14.8. The third-order valence-electron chi connectivity index (χ3n) is 14.8. The number of ether oxygens (including phenoxy) is 2. The van der Waals surface area contributed by atoms with Gasteiger partial charge in [-0.1, -0.05) is 264 Å². The van der Waals surface area contributed by atoms with Gasteiger partial charge in [0.05, 0.1) is 25.4 Å². The molecule has 1 aliphatic rings. The Bertz CT molecular complexity index is 1140. The third kappa shape index (κ3) is 36.7. The second-order valence-corrected chi connectivity index (χ2v) is 21.4. The second kappa shape index (κ2) is 48.8. The quantitative estimate of drug-likeness (QED) is 0.0215. The summed E-state index contributed by atoms with van der Waals surface area (Å²) < 4.78 is 11.1. The molecule has 1 amide bonds. The minimum Gasteiger partial charge on any atom is -0.394 e. The van der Waals surface area contributed by atoms with Crippen molar-refractivity contribution in [1.29, 1.82) is 0 Å². The Labute approximate surface area is 430 Å². The van der Waals surface area contributed by atoms with Gasteiger partial charge in [0.2, 0.25) is 5.91 Å².